The summed E-state index contributed by atoms with van der Waals surface area (Å²) in [5.74, 6) is 0. The zero-order valence-corrected chi connectivity index (χ0v) is 23.7. The van der Waals surface area contributed by atoms with E-state index in [1.807, 2.05) is 65.8 Å². The molecule has 0 spiro atoms. The Labute approximate surface area is 226 Å². The molecule has 2 saturated heterocycles. The maximum Gasteiger partial charge on any atom is 0.410 e. The molecule has 10 heteroatoms. The van der Waals surface area contributed by atoms with Crippen molar-refractivity contribution < 1.29 is 38.0 Å². The van der Waals surface area contributed by atoms with Gasteiger partial charge in [0.15, 0.2) is 0 Å². The van der Waals surface area contributed by atoms with Gasteiger partial charge >= 0.3 is 12.2 Å². The predicted octanol–water partition coefficient (Wildman–Crippen LogP) is 3.99. The van der Waals surface area contributed by atoms with Gasteiger partial charge in [0.25, 0.3) is 0 Å². The number of rotatable bonds is 8. The third-order valence-electron chi connectivity index (χ3n) is 5.82. The highest BCUT2D eigenvalue weighted by Crippen LogP contribution is 2.17. The average Bonchev–Trinajstić information content (AvgIpc) is 2.83. The molecule has 2 fully saturated rings. The number of hydrogen-bond acceptors (Lipinski definition) is 8. The number of benzene rings is 1. The quantitative estimate of drug-likeness (QED) is 0.492. The minimum atomic E-state index is -0.534. The van der Waals surface area contributed by atoms with Crippen molar-refractivity contribution in [3.05, 3.63) is 35.4 Å². The topological polar surface area (TPSA) is 96.0 Å². The van der Waals surface area contributed by atoms with Crippen molar-refractivity contribution >= 4 is 12.2 Å². The molecule has 2 aliphatic rings. The third kappa shape index (κ3) is 10.4. The molecule has 0 saturated carbocycles. The number of ether oxygens (including phenoxy) is 6. The molecule has 1 aromatic rings. The number of carbonyl (C=O) groups excluding carboxylic acids is 2. The standard InChI is InChI=1S/C28H44N2O8/c1-27(2,3)37-25(31)29-11-13-35-23(15-29)19-33-17-21-9-7-8-10-22(21)18-34-20-24-16-30(12-14-36-24)26(32)38-28(4,5)6/h7-10,23-24H,11-20H2,1-6H3/t23-,24-/m0/s1. The summed E-state index contributed by atoms with van der Waals surface area (Å²) in [6, 6.07) is 7.95. The van der Waals surface area contributed by atoms with E-state index in [0.29, 0.717) is 65.8 Å². The Kier molecular flexibility index (Phi) is 10.8. The Balaban J connectivity index is 1.41. The van der Waals surface area contributed by atoms with Crippen molar-refractivity contribution in [2.24, 2.45) is 0 Å². The Hall–Kier alpha value is -2.40. The second-order valence-corrected chi connectivity index (χ2v) is 11.6. The van der Waals surface area contributed by atoms with Gasteiger partial charge in [0.1, 0.15) is 11.2 Å². The predicted molar refractivity (Wildman–Crippen MR) is 141 cm³/mol. The van der Waals surface area contributed by atoms with Crippen LogP contribution in [0.15, 0.2) is 24.3 Å². The fourth-order valence-corrected chi connectivity index (χ4v) is 4.06. The Morgan fingerprint density at radius 2 is 1.16 bits per heavy atom. The van der Waals surface area contributed by atoms with Crippen LogP contribution < -0.4 is 0 Å². The van der Waals surface area contributed by atoms with Crippen molar-refractivity contribution in [1.29, 1.82) is 0 Å². The van der Waals surface area contributed by atoms with E-state index in [0.717, 1.165) is 11.1 Å². The number of carbonyl (C=O) groups is 2. The molecule has 0 radical (unpaired) electrons. The minimum Gasteiger partial charge on any atom is -0.444 e. The van der Waals surface area contributed by atoms with Crippen LogP contribution in [0.1, 0.15) is 52.7 Å². The monoisotopic (exact) mass is 536 g/mol. The van der Waals surface area contributed by atoms with Crippen molar-refractivity contribution in [2.75, 3.05) is 52.6 Å². The summed E-state index contributed by atoms with van der Waals surface area (Å²) in [6.07, 6.45) is -1.08. The lowest BCUT2D eigenvalue weighted by atomic mass is 10.1. The van der Waals surface area contributed by atoms with E-state index in [2.05, 4.69) is 0 Å². The molecule has 2 atom stereocenters. The molecule has 10 nitrogen and oxygen atoms in total. The first-order valence-electron chi connectivity index (χ1n) is 13.3. The van der Waals surface area contributed by atoms with Gasteiger partial charge in [-0.3, -0.25) is 0 Å². The molecule has 0 N–H and O–H groups in total. The Morgan fingerprint density at radius 3 is 1.53 bits per heavy atom. The molecule has 1 aromatic carbocycles. The first kappa shape index (κ1) is 30.1. The maximum absolute atomic E-state index is 12.4. The van der Waals surface area contributed by atoms with E-state index in [9.17, 15) is 9.59 Å². The van der Waals surface area contributed by atoms with Crippen molar-refractivity contribution in [1.82, 2.24) is 9.80 Å². The summed E-state index contributed by atoms with van der Waals surface area (Å²) in [4.78, 5) is 28.1. The zero-order chi connectivity index (χ0) is 27.8. The van der Waals surface area contributed by atoms with Crippen molar-refractivity contribution in [2.45, 2.75) is 78.2 Å². The summed E-state index contributed by atoms with van der Waals surface area (Å²) >= 11 is 0. The molecule has 2 aliphatic heterocycles. The van der Waals surface area contributed by atoms with Gasteiger partial charge in [-0.1, -0.05) is 24.3 Å². The van der Waals surface area contributed by atoms with E-state index >= 15 is 0 Å². The van der Waals surface area contributed by atoms with Gasteiger partial charge in [0.2, 0.25) is 0 Å². The molecule has 0 aliphatic carbocycles. The van der Waals surface area contributed by atoms with Crippen LogP contribution in [0.2, 0.25) is 0 Å². The second-order valence-electron chi connectivity index (χ2n) is 11.6. The highest BCUT2D eigenvalue weighted by molar-refractivity contribution is 5.68. The largest absolute Gasteiger partial charge is 0.444 e. The van der Waals surface area contributed by atoms with Gasteiger partial charge in [-0.15, -0.1) is 0 Å². The number of hydrogen-bond donors (Lipinski definition) is 0. The zero-order valence-electron chi connectivity index (χ0n) is 23.7. The minimum absolute atomic E-state index is 0.212. The van der Waals surface area contributed by atoms with Crippen molar-refractivity contribution in [3.63, 3.8) is 0 Å². The van der Waals surface area contributed by atoms with Crippen molar-refractivity contribution in [3.8, 4) is 0 Å². The van der Waals surface area contributed by atoms with Crippen LogP contribution in [-0.2, 0) is 41.6 Å². The van der Waals surface area contributed by atoms with E-state index in [-0.39, 0.29) is 24.4 Å². The lowest BCUT2D eigenvalue weighted by molar-refractivity contribution is -0.0770. The van der Waals surface area contributed by atoms with Crippen LogP contribution in [0.3, 0.4) is 0 Å². The normalized spacial score (nSPS) is 20.8. The molecule has 0 unspecified atom stereocenters. The molecular weight excluding hydrogens is 492 g/mol. The van der Waals surface area contributed by atoms with Gasteiger partial charge in [-0.2, -0.15) is 0 Å². The van der Waals surface area contributed by atoms with Gasteiger partial charge < -0.3 is 38.2 Å². The summed E-state index contributed by atoms with van der Waals surface area (Å²) in [6.45, 7) is 15.4. The third-order valence-corrected chi connectivity index (χ3v) is 5.82. The second kappa shape index (κ2) is 13.6. The van der Waals surface area contributed by atoms with Crippen LogP contribution in [-0.4, -0.2) is 98.0 Å². The van der Waals surface area contributed by atoms with Crippen LogP contribution >= 0.6 is 0 Å². The van der Waals surface area contributed by atoms with Crippen LogP contribution in [0.5, 0.6) is 0 Å². The highest BCUT2D eigenvalue weighted by atomic mass is 16.6. The molecule has 2 heterocycles. The molecule has 2 amide bonds. The van der Waals surface area contributed by atoms with E-state index in [1.54, 1.807) is 9.80 Å². The van der Waals surface area contributed by atoms with E-state index in [4.69, 9.17) is 28.4 Å². The Morgan fingerprint density at radius 1 is 0.763 bits per heavy atom. The molecule has 38 heavy (non-hydrogen) atoms. The van der Waals surface area contributed by atoms with Gasteiger partial charge in [-0.05, 0) is 52.7 Å². The summed E-state index contributed by atoms with van der Waals surface area (Å²) < 4.78 is 34.5. The summed E-state index contributed by atoms with van der Waals surface area (Å²) in [5.41, 5.74) is 0.973. The Bertz CT molecular complexity index is 838. The number of nitrogens with zero attached hydrogens (tertiary/aromatic N) is 2. The SMILES string of the molecule is CC(C)(C)OC(=O)N1CCO[C@H](COCc2ccccc2COC[C@@H]2CN(C(=O)OC(C)(C)C)CCO2)C1. The lowest BCUT2D eigenvalue weighted by Crippen LogP contribution is -2.48. The highest BCUT2D eigenvalue weighted by Gasteiger charge is 2.29. The summed E-state index contributed by atoms with van der Waals surface area (Å²) in [7, 11) is 0. The average molecular weight is 537 g/mol. The maximum atomic E-state index is 12.4. The fourth-order valence-electron chi connectivity index (χ4n) is 4.06. The fraction of sp³-hybridized carbons (Fsp3) is 0.714. The van der Waals surface area contributed by atoms with Crippen LogP contribution in [0.25, 0.3) is 0 Å². The van der Waals surface area contributed by atoms with Gasteiger partial charge in [0, 0.05) is 13.1 Å². The van der Waals surface area contributed by atoms with E-state index in [1.165, 1.54) is 0 Å². The number of amides is 2. The molecule has 0 aromatic heterocycles. The van der Waals surface area contributed by atoms with Gasteiger partial charge in [0.05, 0.1) is 64.9 Å². The number of morpholine rings is 2. The van der Waals surface area contributed by atoms with Crippen LogP contribution in [0, 0.1) is 0 Å². The van der Waals surface area contributed by atoms with Crippen LogP contribution in [0.4, 0.5) is 9.59 Å². The smallest absolute Gasteiger partial charge is 0.410 e. The molecular formula is C28H44N2O8. The molecule has 0 bridgehead atoms. The lowest BCUT2D eigenvalue weighted by Gasteiger charge is -2.34. The van der Waals surface area contributed by atoms with E-state index < -0.39 is 11.2 Å². The first-order valence-corrected chi connectivity index (χ1v) is 13.3. The first-order chi connectivity index (χ1) is 17.9. The molecule has 214 valence electrons. The summed E-state index contributed by atoms with van der Waals surface area (Å²) in [5, 5.41) is 0. The van der Waals surface area contributed by atoms with Gasteiger partial charge in [-0.25, -0.2) is 9.59 Å². The molecule has 3 rings (SSSR count).